The first-order valence-corrected chi connectivity index (χ1v) is 10.0. The molecule has 0 spiro atoms. The van der Waals surface area contributed by atoms with Crippen molar-refractivity contribution < 1.29 is 13.2 Å². The van der Waals surface area contributed by atoms with Gasteiger partial charge in [-0.05, 0) is 29.7 Å². The zero-order chi connectivity index (χ0) is 18.6. The molecular formula is C18H21ClN2O3S. The summed E-state index contributed by atoms with van der Waals surface area (Å²) in [7, 11) is -3.67. The van der Waals surface area contributed by atoms with Gasteiger partial charge >= 0.3 is 0 Å². The first-order chi connectivity index (χ1) is 11.7. The van der Waals surface area contributed by atoms with Crippen LogP contribution in [-0.2, 0) is 14.8 Å². The summed E-state index contributed by atoms with van der Waals surface area (Å²) >= 11 is 6.10. The van der Waals surface area contributed by atoms with E-state index in [0.29, 0.717) is 5.69 Å². The van der Waals surface area contributed by atoms with E-state index in [4.69, 9.17) is 11.6 Å². The van der Waals surface area contributed by atoms with Crippen LogP contribution in [-0.4, -0.2) is 27.1 Å². The number of sulfonamides is 1. The number of halogens is 1. The average molecular weight is 381 g/mol. The van der Waals surface area contributed by atoms with Crippen LogP contribution in [0.4, 0.5) is 11.4 Å². The van der Waals surface area contributed by atoms with Crippen LogP contribution < -0.4 is 9.62 Å². The average Bonchev–Trinajstić information content (AvgIpc) is 2.53. The second-order valence-corrected chi connectivity index (χ2v) is 8.33. The van der Waals surface area contributed by atoms with E-state index in [9.17, 15) is 13.2 Å². The fraction of sp³-hybridized carbons (Fsp3) is 0.278. The maximum Gasteiger partial charge on any atom is 0.245 e. The predicted octanol–water partition coefficient (Wildman–Crippen LogP) is 3.87. The Kier molecular flexibility index (Phi) is 6.08. The third-order valence-electron chi connectivity index (χ3n) is 3.67. The highest BCUT2D eigenvalue weighted by atomic mass is 35.5. The Morgan fingerprint density at radius 3 is 2.32 bits per heavy atom. The van der Waals surface area contributed by atoms with E-state index in [1.165, 1.54) is 0 Å². The van der Waals surface area contributed by atoms with Gasteiger partial charge in [0, 0.05) is 5.69 Å². The SMILES string of the molecule is CC(C)c1ccccc1NC(=O)CN(c1ccccc1Cl)S(C)(=O)=O. The molecule has 1 amide bonds. The van der Waals surface area contributed by atoms with Gasteiger partial charge in [-0.3, -0.25) is 9.10 Å². The molecule has 0 fully saturated rings. The van der Waals surface area contributed by atoms with Crippen molar-refractivity contribution in [3.05, 3.63) is 59.1 Å². The third kappa shape index (κ3) is 4.96. The number of amides is 1. The highest BCUT2D eigenvalue weighted by Gasteiger charge is 2.23. The van der Waals surface area contributed by atoms with E-state index in [2.05, 4.69) is 5.32 Å². The molecule has 0 saturated carbocycles. The van der Waals surface area contributed by atoms with Crippen LogP contribution in [0.1, 0.15) is 25.3 Å². The molecule has 2 aromatic rings. The zero-order valence-corrected chi connectivity index (χ0v) is 15.9. The molecule has 0 unspecified atom stereocenters. The largest absolute Gasteiger partial charge is 0.324 e. The number of hydrogen-bond acceptors (Lipinski definition) is 3. The summed E-state index contributed by atoms with van der Waals surface area (Å²) in [5.74, 6) is -0.204. The van der Waals surface area contributed by atoms with Crippen molar-refractivity contribution in [2.75, 3.05) is 22.4 Å². The van der Waals surface area contributed by atoms with Crippen LogP contribution in [0.15, 0.2) is 48.5 Å². The molecule has 0 saturated heterocycles. The Morgan fingerprint density at radius 1 is 1.12 bits per heavy atom. The van der Waals surface area contributed by atoms with Gasteiger partial charge in [-0.25, -0.2) is 8.42 Å². The molecule has 0 aromatic heterocycles. The Bertz CT molecular complexity index is 866. The molecule has 2 aromatic carbocycles. The van der Waals surface area contributed by atoms with Crippen molar-refractivity contribution >= 4 is 38.9 Å². The summed E-state index contributed by atoms with van der Waals surface area (Å²) in [5.41, 5.74) is 1.94. The highest BCUT2D eigenvalue weighted by Crippen LogP contribution is 2.28. The van der Waals surface area contributed by atoms with Crippen molar-refractivity contribution in [2.45, 2.75) is 19.8 Å². The van der Waals surface area contributed by atoms with Gasteiger partial charge in [-0.2, -0.15) is 0 Å². The topological polar surface area (TPSA) is 66.5 Å². The minimum Gasteiger partial charge on any atom is -0.324 e. The molecule has 0 heterocycles. The van der Waals surface area contributed by atoms with E-state index in [-0.39, 0.29) is 23.2 Å². The van der Waals surface area contributed by atoms with Gasteiger partial charge in [0.15, 0.2) is 0 Å². The number of carbonyl (C=O) groups excluding carboxylic acids is 1. The molecule has 25 heavy (non-hydrogen) atoms. The second kappa shape index (κ2) is 7.89. The van der Waals surface area contributed by atoms with E-state index < -0.39 is 15.9 Å². The molecule has 0 aliphatic heterocycles. The molecule has 0 aliphatic carbocycles. The Morgan fingerprint density at radius 2 is 1.72 bits per heavy atom. The quantitative estimate of drug-likeness (QED) is 0.827. The lowest BCUT2D eigenvalue weighted by Gasteiger charge is -2.23. The minimum atomic E-state index is -3.67. The van der Waals surface area contributed by atoms with Crippen molar-refractivity contribution in [1.29, 1.82) is 0 Å². The fourth-order valence-electron chi connectivity index (χ4n) is 2.47. The van der Waals surface area contributed by atoms with Gasteiger partial charge in [0.05, 0.1) is 17.0 Å². The maximum absolute atomic E-state index is 12.5. The lowest BCUT2D eigenvalue weighted by atomic mass is 10.0. The fourth-order valence-corrected chi connectivity index (χ4v) is 3.63. The number of hydrogen-bond donors (Lipinski definition) is 1. The molecule has 2 rings (SSSR count). The maximum atomic E-state index is 12.5. The monoisotopic (exact) mass is 380 g/mol. The summed E-state index contributed by atoms with van der Waals surface area (Å²) in [5, 5.41) is 3.06. The van der Waals surface area contributed by atoms with Crippen molar-refractivity contribution in [3.63, 3.8) is 0 Å². The number of nitrogens with zero attached hydrogens (tertiary/aromatic N) is 1. The Balaban J connectivity index is 2.26. The third-order valence-corrected chi connectivity index (χ3v) is 5.11. The van der Waals surface area contributed by atoms with Gasteiger partial charge < -0.3 is 5.32 Å². The minimum absolute atomic E-state index is 0.228. The first kappa shape index (κ1) is 19.3. The predicted molar refractivity (Wildman–Crippen MR) is 103 cm³/mol. The summed E-state index contributed by atoms with van der Waals surface area (Å²) in [6.45, 7) is 3.70. The molecular weight excluding hydrogens is 360 g/mol. The Labute approximate surface area is 153 Å². The van der Waals surface area contributed by atoms with Crippen LogP contribution in [0.25, 0.3) is 0 Å². The molecule has 7 heteroatoms. The number of para-hydroxylation sites is 2. The summed E-state index contributed by atoms with van der Waals surface area (Å²) in [6, 6.07) is 14.0. The number of rotatable bonds is 6. The molecule has 0 aliphatic rings. The normalized spacial score (nSPS) is 11.4. The van der Waals surface area contributed by atoms with E-state index >= 15 is 0 Å². The molecule has 5 nitrogen and oxygen atoms in total. The molecule has 0 bridgehead atoms. The lowest BCUT2D eigenvalue weighted by molar-refractivity contribution is -0.114. The van der Waals surface area contributed by atoms with Gasteiger partial charge in [-0.1, -0.05) is 55.8 Å². The highest BCUT2D eigenvalue weighted by molar-refractivity contribution is 7.92. The number of benzene rings is 2. The zero-order valence-electron chi connectivity index (χ0n) is 14.4. The van der Waals surface area contributed by atoms with Gasteiger partial charge in [0.2, 0.25) is 15.9 Å². The summed E-state index contributed by atoms with van der Waals surface area (Å²) in [4.78, 5) is 12.5. The standard InChI is InChI=1S/C18H21ClN2O3S/c1-13(2)14-8-4-6-10-16(14)20-18(22)12-21(25(3,23)24)17-11-7-5-9-15(17)19/h4-11,13H,12H2,1-3H3,(H,20,22). The van der Waals surface area contributed by atoms with Gasteiger partial charge in [0.25, 0.3) is 0 Å². The van der Waals surface area contributed by atoms with E-state index in [0.717, 1.165) is 16.1 Å². The van der Waals surface area contributed by atoms with Crippen molar-refractivity contribution in [2.24, 2.45) is 0 Å². The van der Waals surface area contributed by atoms with Crippen LogP contribution in [0.2, 0.25) is 5.02 Å². The molecule has 0 radical (unpaired) electrons. The number of nitrogens with one attached hydrogen (secondary N) is 1. The summed E-state index contributed by atoms with van der Waals surface area (Å²) in [6.07, 6.45) is 1.05. The van der Waals surface area contributed by atoms with Crippen LogP contribution in [0.5, 0.6) is 0 Å². The van der Waals surface area contributed by atoms with Gasteiger partial charge in [-0.15, -0.1) is 0 Å². The van der Waals surface area contributed by atoms with Crippen molar-refractivity contribution in [1.82, 2.24) is 0 Å². The first-order valence-electron chi connectivity index (χ1n) is 7.81. The van der Waals surface area contributed by atoms with Gasteiger partial charge in [0.1, 0.15) is 6.54 Å². The summed E-state index contributed by atoms with van der Waals surface area (Å²) < 4.78 is 25.3. The second-order valence-electron chi connectivity index (χ2n) is 6.01. The molecule has 1 N–H and O–H groups in total. The lowest BCUT2D eigenvalue weighted by Crippen LogP contribution is -2.37. The van der Waals surface area contributed by atoms with Crippen molar-refractivity contribution in [3.8, 4) is 0 Å². The number of carbonyl (C=O) groups is 1. The van der Waals surface area contributed by atoms with E-state index in [1.807, 2.05) is 32.0 Å². The molecule has 0 atom stereocenters. The van der Waals surface area contributed by atoms with E-state index in [1.54, 1.807) is 30.3 Å². The van der Waals surface area contributed by atoms with Crippen LogP contribution in [0, 0.1) is 0 Å². The Hall–Kier alpha value is -2.05. The number of anilines is 2. The smallest absolute Gasteiger partial charge is 0.245 e. The van der Waals surface area contributed by atoms with Crippen LogP contribution >= 0.6 is 11.6 Å². The molecule has 134 valence electrons. The van der Waals surface area contributed by atoms with Crippen LogP contribution in [0.3, 0.4) is 0 Å².